The highest BCUT2D eigenvalue weighted by molar-refractivity contribution is 7.92. The number of para-hydroxylation sites is 1. The van der Waals surface area contributed by atoms with Crippen molar-refractivity contribution in [3.63, 3.8) is 0 Å². The van der Waals surface area contributed by atoms with E-state index < -0.39 is 28.5 Å². The van der Waals surface area contributed by atoms with Crippen LogP contribution in [0.15, 0.2) is 102 Å². The SMILES string of the molecule is CCCCNC(=O)C(Cc1ccccc1)N(Cc1ccc(Cl)c(Cl)c1)C(=O)CN(c1ccccc1Cl)S(=O)(=O)c1ccc(C)cc1. The average Bonchev–Trinajstić information content (AvgIpc) is 3.04. The van der Waals surface area contributed by atoms with Crippen LogP contribution < -0.4 is 9.62 Å². The van der Waals surface area contributed by atoms with E-state index in [0.717, 1.165) is 28.3 Å². The predicted octanol–water partition coefficient (Wildman–Crippen LogP) is 7.71. The molecule has 1 atom stereocenters. The fraction of sp³-hybridized carbons (Fsp3) is 0.257. The molecular weight excluding hydrogens is 665 g/mol. The van der Waals surface area contributed by atoms with Crippen LogP contribution in [-0.4, -0.2) is 44.3 Å². The van der Waals surface area contributed by atoms with Gasteiger partial charge >= 0.3 is 0 Å². The Balaban J connectivity index is 1.81. The van der Waals surface area contributed by atoms with Crippen LogP contribution in [0.1, 0.15) is 36.5 Å². The van der Waals surface area contributed by atoms with Crippen LogP contribution in [0.4, 0.5) is 5.69 Å². The van der Waals surface area contributed by atoms with Gasteiger partial charge < -0.3 is 10.2 Å². The zero-order chi connectivity index (χ0) is 33.3. The highest BCUT2D eigenvalue weighted by Crippen LogP contribution is 2.31. The van der Waals surface area contributed by atoms with E-state index in [2.05, 4.69) is 5.32 Å². The van der Waals surface area contributed by atoms with Gasteiger partial charge in [0.05, 0.1) is 25.7 Å². The number of hydrogen-bond acceptors (Lipinski definition) is 4. The summed E-state index contributed by atoms with van der Waals surface area (Å²) in [7, 11) is -4.27. The number of amides is 2. The molecule has 0 heterocycles. The van der Waals surface area contributed by atoms with E-state index in [9.17, 15) is 18.0 Å². The molecule has 4 aromatic carbocycles. The van der Waals surface area contributed by atoms with Gasteiger partial charge in [0, 0.05) is 19.5 Å². The summed E-state index contributed by atoms with van der Waals surface area (Å²) in [6, 6.07) is 26.1. The maximum atomic E-state index is 14.5. The van der Waals surface area contributed by atoms with Gasteiger partial charge in [0.1, 0.15) is 12.6 Å². The highest BCUT2D eigenvalue weighted by Gasteiger charge is 2.35. The van der Waals surface area contributed by atoms with Crippen LogP contribution in [-0.2, 0) is 32.6 Å². The van der Waals surface area contributed by atoms with Gasteiger partial charge in [-0.1, -0.05) is 114 Å². The monoisotopic (exact) mass is 699 g/mol. The molecule has 4 aromatic rings. The van der Waals surface area contributed by atoms with E-state index >= 15 is 0 Å². The normalized spacial score (nSPS) is 11.9. The second-order valence-corrected chi connectivity index (χ2v) is 14.0. The van der Waals surface area contributed by atoms with Crippen molar-refractivity contribution in [1.82, 2.24) is 10.2 Å². The molecule has 11 heteroatoms. The Labute approximate surface area is 286 Å². The minimum absolute atomic E-state index is 0.00000276. The van der Waals surface area contributed by atoms with Crippen molar-refractivity contribution >= 4 is 62.3 Å². The molecule has 242 valence electrons. The molecule has 0 saturated heterocycles. The van der Waals surface area contributed by atoms with Crippen LogP contribution in [0, 0.1) is 6.92 Å². The van der Waals surface area contributed by atoms with Crippen molar-refractivity contribution in [3.8, 4) is 0 Å². The third kappa shape index (κ3) is 9.04. The van der Waals surface area contributed by atoms with E-state index in [4.69, 9.17) is 34.8 Å². The van der Waals surface area contributed by atoms with Gasteiger partial charge in [-0.25, -0.2) is 8.42 Å². The molecule has 0 aromatic heterocycles. The molecule has 1 unspecified atom stereocenters. The second-order valence-electron chi connectivity index (χ2n) is 10.9. The Hall–Kier alpha value is -3.56. The molecule has 0 aliphatic carbocycles. The first-order chi connectivity index (χ1) is 22.0. The quantitative estimate of drug-likeness (QED) is 0.137. The lowest BCUT2D eigenvalue weighted by Gasteiger charge is -2.34. The van der Waals surface area contributed by atoms with Crippen molar-refractivity contribution in [3.05, 3.63) is 129 Å². The molecule has 0 fully saturated rings. The summed E-state index contributed by atoms with van der Waals surface area (Å²) in [5.74, 6) is -0.954. The van der Waals surface area contributed by atoms with Gasteiger partial charge in [-0.2, -0.15) is 0 Å². The van der Waals surface area contributed by atoms with Crippen molar-refractivity contribution in [2.24, 2.45) is 0 Å². The molecule has 0 spiro atoms. The molecule has 4 rings (SSSR count). The Morgan fingerprint density at radius 3 is 2.13 bits per heavy atom. The summed E-state index contributed by atoms with van der Waals surface area (Å²) in [6.45, 7) is 3.66. The van der Waals surface area contributed by atoms with E-state index in [-0.39, 0.29) is 34.5 Å². The summed E-state index contributed by atoms with van der Waals surface area (Å²) in [4.78, 5) is 29.8. The third-order valence-electron chi connectivity index (χ3n) is 7.45. The summed E-state index contributed by atoms with van der Waals surface area (Å²) in [6.07, 6.45) is 1.83. The van der Waals surface area contributed by atoms with Crippen LogP contribution >= 0.6 is 34.8 Å². The fourth-order valence-corrected chi connectivity index (χ4v) is 6.94. The second kappa shape index (κ2) is 16.3. The first-order valence-electron chi connectivity index (χ1n) is 14.9. The van der Waals surface area contributed by atoms with Crippen LogP contribution in [0.25, 0.3) is 0 Å². The molecular formula is C35H36Cl3N3O4S. The number of nitrogens with zero attached hydrogens (tertiary/aromatic N) is 2. The van der Waals surface area contributed by atoms with Crippen molar-refractivity contribution in [2.45, 2.75) is 50.6 Å². The van der Waals surface area contributed by atoms with E-state index in [1.165, 1.54) is 17.0 Å². The Kier molecular flexibility index (Phi) is 12.5. The molecule has 46 heavy (non-hydrogen) atoms. The van der Waals surface area contributed by atoms with Gasteiger partial charge in [-0.3, -0.25) is 13.9 Å². The largest absolute Gasteiger partial charge is 0.354 e. The Morgan fingerprint density at radius 1 is 0.804 bits per heavy atom. The number of aryl methyl sites for hydroxylation is 1. The number of nitrogens with one attached hydrogen (secondary N) is 1. The van der Waals surface area contributed by atoms with Gasteiger partial charge in [0.25, 0.3) is 10.0 Å². The van der Waals surface area contributed by atoms with Crippen molar-refractivity contribution < 1.29 is 18.0 Å². The Bertz CT molecular complexity index is 1750. The summed E-state index contributed by atoms with van der Waals surface area (Å²) >= 11 is 19.0. The number of carbonyl (C=O) groups is 2. The van der Waals surface area contributed by atoms with Crippen molar-refractivity contribution in [2.75, 3.05) is 17.4 Å². The third-order valence-corrected chi connectivity index (χ3v) is 10.3. The van der Waals surface area contributed by atoms with Gasteiger partial charge in [-0.15, -0.1) is 0 Å². The predicted molar refractivity (Wildman–Crippen MR) is 186 cm³/mol. The fourth-order valence-electron chi connectivity index (χ4n) is 4.90. The standard InChI is InChI=1S/C35H36Cl3N3O4S/c1-3-4-20-39-35(43)33(22-26-10-6-5-7-11-26)40(23-27-16-19-29(36)31(38)21-27)34(42)24-41(32-13-9-8-12-30(32)37)46(44,45)28-17-14-25(2)15-18-28/h5-19,21,33H,3-4,20,22-24H2,1-2H3,(H,39,43). The van der Waals surface area contributed by atoms with E-state index in [1.807, 2.05) is 44.2 Å². The first-order valence-corrected chi connectivity index (χ1v) is 17.5. The minimum Gasteiger partial charge on any atom is -0.354 e. The average molecular weight is 701 g/mol. The number of hydrogen-bond donors (Lipinski definition) is 1. The van der Waals surface area contributed by atoms with E-state index in [0.29, 0.717) is 22.2 Å². The Morgan fingerprint density at radius 2 is 1.48 bits per heavy atom. The molecule has 0 bridgehead atoms. The number of carbonyl (C=O) groups excluding carboxylic acids is 2. The van der Waals surface area contributed by atoms with Crippen LogP contribution in [0.5, 0.6) is 0 Å². The molecule has 0 aliphatic heterocycles. The topological polar surface area (TPSA) is 86.8 Å². The zero-order valence-electron chi connectivity index (χ0n) is 25.6. The maximum Gasteiger partial charge on any atom is 0.264 e. The molecule has 1 N–H and O–H groups in total. The lowest BCUT2D eigenvalue weighted by atomic mass is 10.0. The molecule has 7 nitrogen and oxygen atoms in total. The number of rotatable bonds is 14. The van der Waals surface area contributed by atoms with Gasteiger partial charge in [-0.05, 0) is 60.9 Å². The molecule has 2 amide bonds. The summed E-state index contributed by atoms with van der Waals surface area (Å²) in [5.41, 5.74) is 2.47. The highest BCUT2D eigenvalue weighted by atomic mass is 35.5. The smallest absolute Gasteiger partial charge is 0.264 e. The van der Waals surface area contributed by atoms with Gasteiger partial charge in [0.2, 0.25) is 11.8 Å². The zero-order valence-corrected chi connectivity index (χ0v) is 28.7. The number of sulfonamides is 1. The van der Waals surface area contributed by atoms with Crippen LogP contribution in [0.2, 0.25) is 15.1 Å². The molecule has 0 radical (unpaired) electrons. The number of anilines is 1. The summed E-state index contributed by atoms with van der Waals surface area (Å²) in [5, 5.41) is 3.75. The summed E-state index contributed by atoms with van der Waals surface area (Å²) < 4.78 is 29.3. The minimum atomic E-state index is -4.27. The molecule has 0 aliphatic rings. The lowest BCUT2D eigenvalue weighted by molar-refractivity contribution is -0.140. The van der Waals surface area contributed by atoms with Crippen LogP contribution in [0.3, 0.4) is 0 Å². The van der Waals surface area contributed by atoms with Gasteiger partial charge in [0.15, 0.2) is 0 Å². The number of unbranched alkanes of at least 4 members (excludes halogenated alkanes) is 1. The number of benzene rings is 4. The van der Waals surface area contributed by atoms with Crippen molar-refractivity contribution in [1.29, 1.82) is 0 Å². The number of halogens is 3. The lowest BCUT2D eigenvalue weighted by Crippen LogP contribution is -2.53. The van der Waals surface area contributed by atoms with E-state index in [1.54, 1.807) is 54.6 Å². The maximum absolute atomic E-state index is 14.5. The first kappa shape index (κ1) is 35.3. The molecule has 0 saturated carbocycles.